The Labute approximate surface area is 114 Å². The number of aryl methyl sites for hydroxylation is 2. The van der Waals surface area contributed by atoms with E-state index in [1.54, 1.807) is 11.3 Å². The lowest BCUT2D eigenvalue weighted by atomic mass is 10.0. The summed E-state index contributed by atoms with van der Waals surface area (Å²) in [7, 11) is 0. The van der Waals surface area contributed by atoms with Crippen molar-refractivity contribution in [3.8, 4) is 0 Å². The highest BCUT2D eigenvalue weighted by molar-refractivity contribution is 9.10. The van der Waals surface area contributed by atoms with E-state index in [1.807, 2.05) is 37.3 Å². The highest BCUT2D eigenvalue weighted by Crippen LogP contribution is 2.28. The summed E-state index contributed by atoms with van der Waals surface area (Å²) in [5, 5.41) is 0. The van der Waals surface area contributed by atoms with Crippen LogP contribution in [-0.4, -0.2) is 5.78 Å². The Hall–Kier alpha value is -0.930. The lowest BCUT2D eigenvalue weighted by Gasteiger charge is -2.04. The number of rotatable bonds is 3. The first kappa shape index (κ1) is 12.5. The minimum Gasteiger partial charge on any atom is -0.288 e. The maximum Gasteiger partial charge on any atom is 0.203 e. The number of carbonyl (C=O) groups is 1. The third-order valence-corrected chi connectivity index (χ3v) is 4.86. The standard InChI is InChI=1S/C14H13BrOS/c1-3-10-6-4-5-7-11(10)14(16)13-8-12(15)9(2)17-13/h4-8H,3H2,1-2H3. The van der Waals surface area contributed by atoms with E-state index in [4.69, 9.17) is 0 Å². The van der Waals surface area contributed by atoms with Crippen LogP contribution in [0.2, 0.25) is 0 Å². The van der Waals surface area contributed by atoms with Crippen LogP contribution in [0.3, 0.4) is 0 Å². The van der Waals surface area contributed by atoms with Crippen molar-refractivity contribution in [3.05, 3.63) is 55.7 Å². The molecule has 0 aliphatic heterocycles. The monoisotopic (exact) mass is 308 g/mol. The van der Waals surface area contributed by atoms with Gasteiger partial charge in [-0.05, 0) is 40.9 Å². The van der Waals surface area contributed by atoms with E-state index in [0.29, 0.717) is 0 Å². The average molecular weight is 309 g/mol. The maximum atomic E-state index is 12.4. The summed E-state index contributed by atoms with van der Waals surface area (Å²) in [4.78, 5) is 14.3. The quantitative estimate of drug-likeness (QED) is 0.757. The Morgan fingerprint density at radius 2 is 2.06 bits per heavy atom. The summed E-state index contributed by atoms with van der Waals surface area (Å²) in [6.07, 6.45) is 0.882. The van der Waals surface area contributed by atoms with Crippen LogP contribution < -0.4 is 0 Å². The summed E-state index contributed by atoms with van der Waals surface area (Å²) >= 11 is 4.99. The molecule has 0 aliphatic carbocycles. The highest BCUT2D eigenvalue weighted by atomic mass is 79.9. The minimum absolute atomic E-state index is 0.126. The number of hydrogen-bond donors (Lipinski definition) is 0. The molecular weight excluding hydrogens is 296 g/mol. The number of halogens is 1. The van der Waals surface area contributed by atoms with Crippen molar-refractivity contribution in [2.24, 2.45) is 0 Å². The average Bonchev–Trinajstić information content (AvgIpc) is 2.68. The van der Waals surface area contributed by atoms with Gasteiger partial charge in [0.05, 0.1) is 4.88 Å². The van der Waals surface area contributed by atoms with E-state index in [1.165, 1.54) is 0 Å². The zero-order valence-electron chi connectivity index (χ0n) is 9.79. The normalized spacial score (nSPS) is 10.5. The summed E-state index contributed by atoms with van der Waals surface area (Å²) in [6, 6.07) is 9.73. The molecule has 88 valence electrons. The first-order valence-electron chi connectivity index (χ1n) is 5.52. The molecule has 0 radical (unpaired) electrons. The smallest absolute Gasteiger partial charge is 0.203 e. The van der Waals surface area contributed by atoms with Gasteiger partial charge in [0.2, 0.25) is 5.78 Å². The molecule has 0 saturated carbocycles. The van der Waals surface area contributed by atoms with Crippen molar-refractivity contribution in [3.63, 3.8) is 0 Å². The Kier molecular flexibility index (Phi) is 3.79. The molecule has 1 heterocycles. The minimum atomic E-state index is 0.126. The van der Waals surface area contributed by atoms with E-state index in [9.17, 15) is 4.79 Å². The van der Waals surface area contributed by atoms with Gasteiger partial charge in [0.15, 0.2) is 0 Å². The van der Waals surface area contributed by atoms with Crippen LogP contribution in [0.4, 0.5) is 0 Å². The van der Waals surface area contributed by atoms with E-state index >= 15 is 0 Å². The van der Waals surface area contributed by atoms with Gasteiger partial charge in [-0.25, -0.2) is 0 Å². The molecule has 0 fully saturated rings. The van der Waals surface area contributed by atoms with Crippen LogP contribution in [0.5, 0.6) is 0 Å². The molecule has 17 heavy (non-hydrogen) atoms. The summed E-state index contributed by atoms with van der Waals surface area (Å²) < 4.78 is 1.01. The summed E-state index contributed by atoms with van der Waals surface area (Å²) in [5.74, 6) is 0.126. The molecule has 2 rings (SSSR count). The topological polar surface area (TPSA) is 17.1 Å². The number of benzene rings is 1. The largest absolute Gasteiger partial charge is 0.288 e. The molecule has 0 unspecified atom stereocenters. The van der Waals surface area contributed by atoms with Crippen LogP contribution in [0, 0.1) is 6.92 Å². The van der Waals surface area contributed by atoms with E-state index < -0.39 is 0 Å². The Bertz CT molecular complexity index is 538. The second kappa shape index (κ2) is 5.15. The lowest BCUT2D eigenvalue weighted by molar-refractivity contribution is 0.104. The predicted octanol–water partition coefficient (Wildman–Crippen LogP) is 4.61. The van der Waals surface area contributed by atoms with E-state index in [-0.39, 0.29) is 5.78 Å². The molecule has 0 atom stereocenters. The van der Waals surface area contributed by atoms with Gasteiger partial charge in [0, 0.05) is 14.9 Å². The Morgan fingerprint density at radius 3 is 2.65 bits per heavy atom. The molecule has 0 aliphatic rings. The molecule has 2 aromatic rings. The first-order valence-corrected chi connectivity index (χ1v) is 7.13. The zero-order chi connectivity index (χ0) is 12.4. The first-order chi connectivity index (χ1) is 8.13. The number of thiophene rings is 1. The molecule has 0 bridgehead atoms. The van der Waals surface area contributed by atoms with E-state index in [0.717, 1.165) is 31.8 Å². The zero-order valence-corrected chi connectivity index (χ0v) is 12.2. The fraction of sp³-hybridized carbons (Fsp3) is 0.214. The van der Waals surface area contributed by atoms with Gasteiger partial charge in [0.25, 0.3) is 0 Å². The maximum absolute atomic E-state index is 12.4. The Balaban J connectivity index is 2.43. The molecule has 3 heteroatoms. The van der Waals surface area contributed by atoms with Gasteiger partial charge >= 0.3 is 0 Å². The van der Waals surface area contributed by atoms with Gasteiger partial charge in [-0.3, -0.25) is 4.79 Å². The van der Waals surface area contributed by atoms with Crippen molar-refractivity contribution < 1.29 is 4.79 Å². The summed E-state index contributed by atoms with van der Waals surface area (Å²) in [6.45, 7) is 4.08. The number of ketones is 1. The molecule has 1 aromatic carbocycles. The molecule has 0 N–H and O–H groups in total. The van der Waals surface area contributed by atoms with Crippen molar-refractivity contribution in [1.29, 1.82) is 0 Å². The third kappa shape index (κ3) is 2.50. The fourth-order valence-corrected chi connectivity index (χ4v) is 3.24. The van der Waals surface area contributed by atoms with Crippen LogP contribution in [-0.2, 0) is 6.42 Å². The third-order valence-electron chi connectivity index (χ3n) is 2.72. The summed E-state index contributed by atoms with van der Waals surface area (Å²) in [5.41, 5.74) is 1.93. The van der Waals surface area contributed by atoms with Crippen LogP contribution in [0.1, 0.15) is 32.6 Å². The SMILES string of the molecule is CCc1ccccc1C(=O)c1cc(Br)c(C)s1. The molecular formula is C14H13BrOS. The molecule has 0 spiro atoms. The van der Waals surface area contributed by atoms with Crippen LogP contribution in [0.15, 0.2) is 34.8 Å². The predicted molar refractivity (Wildman–Crippen MR) is 76.0 cm³/mol. The van der Waals surface area contributed by atoms with Crippen molar-refractivity contribution in [1.82, 2.24) is 0 Å². The second-order valence-corrected chi connectivity index (χ2v) is 5.97. The van der Waals surface area contributed by atoms with E-state index in [2.05, 4.69) is 22.9 Å². The van der Waals surface area contributed by atoms with Crippen LogP contribution >= 0.6 is 27.3 Å². The lowest BCUT2D eigenvalue weighted by Crippen LogP contribution is -2.02. The molecule has 0 amide bonds. The van der Waals surface area contributed by atoms with Crippen molar-refractivity contribution >= 4 is 33.0 Å². The van der Waals surface area contributed by atoms with Gasteiger partial charge in [-0.2, -0.15) is 0 Å². The molecule has 0 saturated heterocycles. The van der Waals surface area contributed by atoms with Crippen molar-refractivity contribution in [2.75, 3.05) is 0 Å². The van der Waals surface area contributed by atoms with Gasteiger partial charge < -0.3 is 0 Å². The van der Waals surface area contributed by atoms with Crippen molar-refractivity contribution in [2.45, 2.75) is 20.3 Å². The molecule has 1 aromatic heterocycles. The molecule has 1 nitrogen and oxygen atoms in total. The van der Waals surface area contributed by atoms with Gasteiger partial charge in [-0.1, -0.05) is 31.2 Å². The van der Waals surface area contributed by atoms with Gasteiger partial charge in [0.1, 0.15) is 0 Å². The number of carbonyl (C=O) groups excluding carboxylic acids is 1. The van der Waals surface area contributed by atoms with Crippen LogP contribution in [0.25, 0.3) is 0 Å². The Morgan fingerprint density at radius 1 is 1.35 bits per heavy atom. The van der Waals surface area contributed by atoms with Gasteiger partial charge in [-0.15, -0.1) is 11.3 Å². The number of hydrogen-bond acceptors (Lipinski definition) is 2. The highest BCUT2D eigenvalue weighted by Gasteiger charge is 2.15. The second-order valence-electron chi connectivity index (χ2n) is 3.85. The fourth-order valence-electron chi connectivity index (χ4n) is 1.75.